The fraction of sp³-hybridized carbons (Fsp3) is 0.200. The first kappa shape index (κ1) is 18.9. The summed E-state index contributed by atoms with van der Waals surface area (Å²) in [6.07, 6.45) is 3.15. The van der Waals surface area contributed by atoms with Crippen molar-refractivity contribution in [2.75, 3.05) is 0 Å². The largest absolute Gasteiger partial charge is 0.444 e. The van der Waals surface area contributed by atoms with E-state index in [0.717, 1.165) is 22.9 Å². The highest BCUT2D eigenvalue weighted by Crippen LogP contribution is 2.34. The third kappa shape index (κ3) is 3.87. The minimum absolute atomic E-state index is 0.0338. The lowest BCUT2D eigenvalue weighted by molar-refractivity contribution is 0.394. The Morgan fingerprint density at radius 2 is 1.82 bits per heavy atom. The number of benzene rings is 2. The number of hydrogen-bond donors (Lipinski definition) is 0. The molecule has 1 heterocycles. The van der Waals surface area contributed by atoms with Gasteiger partial charge in [0, 0.05) is 16.1 Å². The standard InChI is InChI=1S/C20H16BrN3O3S/c21-16-5-3-15(4-6-16)20-23-17(13-27-20)12-24(18-7-8-18)28(25,26)19-9-1-14(11-22)2-10-19/h1-6,9-10,13,18H,7-8,12H2. The fourth-order valence-corrected chi connectivity index (χ4v) is 4.79. The van der Waals surface area contributed by atoms with E-state index >= 15 is 0 Å². The smallest absolute Gasteiger partial charge is 0.243 e. The monoisotopic (exact) mass is 457 g/mol. The second-order valence-corrected chi connectivity index (χ2v) is 9.37. The van der Waals surface area contributed by atoms with E-state index in [1.165, 1.54) is 34.8 Å². The van der Waals surface area contributed by atoms with Gasteiger partial charge in [0.05, 0.1) is 28.8 Å². The highest BCUT2D eigenvalue weighted by molar-refractivity contribution is 9.10. The van der Waals surface area contributed by atoms with Crippen LogP contribution in [0.3, 0.4) is 0 Å². The maximum Gasteiger partial charge on any atom is 0.243 e. The first-order valence-corrected chi connectivity index (χ1v) is 10.9. The molecule has 4 rings (SSSR count). The molecule has 28 heavy (non-hydrogen) atoms. The van der Waals surface area contributed by atoms with Gasteiger partial charge in [0.2, 0.25) is 15.9 Å². The van der Waals surface area contributed by atoms with Gasteiger partial charge in [-0.2, -0.15) is 9.57 Å². The van der Waals surface area contributed by atoms with Crippen LogP contribution in [0.25, 0.3) is 11.5 Å². The SMILES string of the molecule is N#Cc1ccc(S(=O)(=O)N(Cc2coc(-c3ccc(Br)cc3)n2)C2CC2)cc1. The summed E-state index contributed by atoms with van der Waals surface area (Å²) in [4.78, 5) is 4.64. The van der Waals surface area contributed by atoms with E-state index in [1.807, 2.05) is 30.3 Å². The lowest BCUT2D eigenvalue weighted by Crippen LogP contribution is -2.32. The van der Waals surface area contributed by atoms with Crippen molar-refractivity contribution in [3.05, 3.63) is 70.5 Å². The highest BCUT2D eigenvalue weighted by atomic mass is 79.9. The van der Waals surface area contributed by atoms with Gasteiger partial charge in [0.1, 0.15) is 6.26 Å². The number of oxazole rings is 1. The first-order chi connectivity index (χ1) is 13.5. The predicted octanol–water partition coefficient (Wildman–Crippen LogP) is 4.33. The van der Waals surface area contributed by atoms with Crippen molar-refractivity contribution in [1.82, 2.24) is 9.29 Å². The number of nitriles is 1. The Morgan fingerprint density at radius 1 is 1.14 bits per heavy atom. The molecule has 0 spiro atoms. The Balaban J connectivity index is 1.59. The summed E-state index contributed by atoms with van der Waals surface area (Å²) >= 11 is 3.39. The van der Waals surface area contributed by atoms with Crippen molar-refractivity contribution in [3.8, 4) is 17.5 Å². The lowest BCUT2D eigenvalue weighted by atomic mass is 10.2. The van der Waals surface area contributed by atoms with E-state index in [-0.39, 0.29) is 17.5 Å². The molecule has 8 heteroatoms. The Kier molecular flexibility index (Phi) is 5.06. The first-order valence-electron chi connectivity index (χ1n) is 8.70. The molecule has 1 fully saturated rings. The van der Waals surface area contributed by atoms with Crippen LogP contribution < -0.4 is 0 Å². The second kappa shape index (κ2) is 7.51. The van der Waals surface area contributed by atoms with Crippen LogP contribution in [-0.4, -0.2) is 23.7 Å². The van der Waals surface area contributed by atoms with Gasteiger partial charge >= 0.3 is 0 Å². The summed E-state index contributed by atoms with van der Waals surface area (Å²) in [7, 11) is -3.69. The Morgan fingerprint density at radius 3 is 2.43 bits per heavy atom. The Hall–Kier alpha value is -2.47. The van der Waals surface area contributed by atoms with Crippen LogP contribution >= 0.6 is 15.9 Å². The maximum atomic E-state index is 13.1. The van der Waals surface area contributed by atoms with Crippen LogP contribution in [0.5, 0.6) is 0 Å². The van der Waals surface area contributed by atoms with Crippen molar-refractivity contribution in [3.63, 3.8) is 0 Å². The number of halogens is 1. The van der Waals surface area contributed by atoms with E-state index in [4.69, 9.17) is 9.68 Å². The van der Waals surface area contributed by atoms with Crippen LogP contribution in [0.15, 0.2) is 68.6 Å². The van der Waals surface area contributed by atoms with Crippen LogP contribution in [0.4, 0.5) is 0 Å². The van der Waals surface area contributed by atoms with E-state index < -0.39 is 10.0 Å². The highest BCUT2D eigenvalue weighted by Gasteiger charge is 2.38. The topological polar surface area (TPSA) is 87.2 Å². The van der Waals surface area contributed by atoms with Gasteiger partial charge in [-0.25, -0.2) is 13.4 Å². The van der Waals surface area contributed by atoms with Gasteiger partial charge in [-0.05, 0) is 61.4 Å². The summed E-state index contributed by atoms with van der Waals surface area (Å²) < 4.78 is 34.2. The molecule has 0 amide bonds. The van der Waals surface area contributed by atoms with Gasteiger partial charge in [0.25, 0.3) is 0 Å². The molecule has 0 saturated heterocycles. The number of aromatic nitrogens is 1. The maximum absolute atomic E-state index is 13.1. The lowest BCUT2D eigenvalue weighted by Gasteiger charge is -2.20. The second-order valence-electron chi connectivity index (χ2n) is 6.57. The predicted molar refractivity (Wildman–Crippen MR) is 107 cm³/mol. The quantitative estimate of drug-likeness (QED) is 0.549. The molecule has 0 bridgehead atoms. The molecule has 1 aliphatic rings. The number of hydrogen-bond acceptors (Lipinski definition) is 5. The summed E-state index contributed by atoms with van der Waals surface area (Å²) in [6.45, 7) is 0.146. The van der Waals surface area contributed by atoms with E-state index in [0.29, 0.717) is 17.1 Å². The number of sulfonamides is 1. The Labute approximate surface area is 171 Å². The molecule has 0 radical (unpaired) electrons. The third-order valence-electron chi connectivity index (χ3n) is 4.50. The molecule has 0 N–H and O–H groups in total. The van der Waals surface area contributed by atoms with Crippen molar-refractivity contribution in [2.45, 2.75) is 30.3 Å². The normalized spacial score (nSPS) is 14.2. The van der Waals surface area contributed by atoms with Crippen molar-refractivity contribution >= 4 is 26.0 Å². The molecule has 0 atom stereocenters. The van der Waals surface area contributed by atoms with E-state index in [9.17, 15) is 8.42 Å². The summed E-state index contributed by atoms with van der Waals surface area (Å²) in [5, 5.41) is 8.91. The molecule has 1 saturated carbocycles. The molecular weight excluding hydrogens is 442 g/mol. The summed E-state index contributed by atoms with van der Waals surface area (Å²) in [5.74, 6) is 0.453. The molecule has 1 aromatic heterocycles. The molecule has 1 aliphatic carbocycles. The van der Waals surface area contributed by atoms with E-state index in [1.54, 1.807) is 0 Å². The van der Waals surface area contributed by atoms with Gasteiger partial charge in [-0.15, -0.1) is 0 Å². The van der Waals surface area contributed by atoms with Crippen LogP contribution in [-0.2, 0) is 16.6 Å². The van der Waals surface area contributed by atoms with Gasteiger partial charge in [0.15, 0.2) is 0 Å². The zero-order valence-electron chi connectivity index (χ0n) is 14.7. The van der Waals surface area contributed by atoms with E-state index in [2.05, 4.69) is 20.9 Å². The van der Waals surface area contributed by atoms with Crippen molar-refractivity contribution in [2.24, 2.45) is 0 Å². The van der Waals surface area contributed by atoms with Gasteiger partial charge in [-0.1, -0.05) is 15.9 Å². The summed E-state index contributed by atoms with van der Waals surface area (Å²) in [5.41, 5.74) is 1.80. The molecule has 0 aliphatic heterocycles. The van der Waals surface area contributed by atoms with Crippen molar-refractivity contribution in [1.29, 1.82) is 5.26 Å². The molecular formula is C20H16BrN3O3S. The van der Waals surface area contributed by atoms with Crippen LogP contribution in [0, 0.1) is 11.3 Å². The average Bonchev–Trinajstić information content (AvgIpc) is 3.44. The molecule has 0 unspecified atom stereocenters. The third-order valence-corrected chi connectivity index (χ3v) is 6.95. The zero-order chi connectivity index (χ0) is 19.7. The summed E-state index contributed by atoms with van der Waals surface area (Å²) in [6, 6.07) is 15.5. The zero-order valence-corrected chi connectivity index (χ0v) is 17.1. The molecule has 142 valence electrons. The fourth-order valence-electron chi connectivity index (χ4n) is 2.87. The van der Waals surface area contributed by atoms with Gasteiger partial charge in [-0.3, -0.25) is 0 Å². The minimum atomic E-state index is -3.69. The minimum Gasteiger partial charge on any atom is -0.444 e. The van der Waals surface area contributed by atoms with Crippen LogP contribution in [0.2, 0.25) is 0 Å². The Bertz CT molecular complexity index is 1130. The average molecular weight is 458 g/mol. The van der Waals surface area contributed by atoms with Crippen LogP contribution in [0.1, 0.15) is 24.1 Å². The number of nitrogens with zero attached hydrogens (tertiary/aromatic N) is 3. The van der Waals surface area contributed by atoms with Gasteiger partial charge < -0.3 is 4.42 Å². The molecule has 3 aromatic rings. The molecule has 2 aromatic carbocycles. The van der Waals surface area contributed by atoms with Crippen molar-refractivity contribution < 1.29 is 12.8 Å². The number of rotatable bonds is 6. The molecule has 6 nitrogen and oxygen atoms in total.